The molecular formula is C92H140N12O24. The lowest BCUT2D eigenvalue weighted by Crippen LogP contribution is -2.61. The zero-order chi connectivity index (χ0) is 91.7. The highest BCUT2D eigenvalue weighted by Gasteiger charge is 2.53. The summed E-state index contributed by atoms with van der Waals surface area (Å²) >= 11 is 0. The van der Waals surface area contributed by atoms with Gasteiger partial charge in [0, 0.05) is 84.0 Å². The standard InChI is InChI=1S/C92H140N12O24/c1-61-18-12-11-13-19-63(3)78(113-8)56-71-24-21-67(7)92(112,128-71)86(109)89(110)103-29-16-14-20-73(103)90(111)126-79(57-74(105)64(4)52-66(6)84(108)85(115-10)75(106)51-62(2)50-61)65(5)53-68-22-25-77(80(54-68)114-9)125-49-48-124-59-70-58-102(101-99-70)31-33-117-35-37-119-39-41-121-43-45-123-47-46-122-44-42-120-40-38-118-36-34-116-32-27-81(107)95-28-15-17-30-104-88-82(87(93)96-60-97-88)83(100-104)69-23-26-76-72(55-69)98-91(94)127-76/h11-13,18-19,23,26,52,55,58,60-62,64-65,67-68,71,73,77-80,84-85,108,112H,14-17,20-22,24-25,27-51,53-54,56-57,59H2,1-10H3,(H2,94,98)(H,95,107)(H2,93,96,97). The number of aromatic nitrogens is 8. The van der Waals surface area contributed by atoms with Gasteiger partial charge in [0.25, 0.3) is 17.7 Å². The number of carbonyl (C=O) groups excluding carboxylic acids is 6. The number of aliphatic hydroxyl groups is 2. The number of ketones is 3. The fourth-order valence-corrected chi connectivity index (χ4v) is 16.6. The molecule has 4 aromatic heterocycles. The number of nitrogens with one attached hydrogen (secondary N) is 1. The van der Waals surface area contributed by atoms with Gasteiger partial charge in [-0.3, -0.25) is 24.0 Å². The van der Waals surface area contributed by atoms with Crippen molar-refractivity contribution in [1.29, 1.82) is 0 Å². The predicted molar refractivity (Wildman–Crippen MR) is 474 cm³/mol. The lowest BCUT2D eigenvalue weighted by molar-refractivity contribution is -0.265. The highest BCUT2D eigenvalue weighted by Crippen LogP contribution is 2.40. The molecule has 4 aliphatic rings. The quantitative estimate of drug-likeness (QED) is 0.0105. The van der Waals surface area contributed by atoms with Crippen LogP contribution in [0.2, 0.25) is 0 Å². The number of piperidine rings is 1. The first-order valence-corrected chi connectivity index (χ1v) is 45.5. The van der Waals surface area contributed by atoms with E-state index in [-0.39, 0.29) is 105 Å². The first kappa shape index (κ1) is 103. The summed E-state index contributed by atoms with van der Waals surface area (Å²) in [6.07, 6.45) is 17.0. The van der Waals surface area contributed by atoms with Crippen molar-refractivity contribution in [2.45, 2.75) is 225 Å². The van der Waals surface area contributed by atoms with Crippen molar-refractivity contribution in [3.05, 3.63) is 84.0 Å². The number of unbranched alkanes of at least 4 members (excludes halogenated alkanes) is 1. The molecule has 36 heteroatoms. The number of hydrogen-bond acceptors (Lipinski definition) is 32. The van der Waals surface area contributed by atoms with Crippen molar-refractivity contribution in [2.75, 3.05) is 165 Å². The second-order valence-electron chi connectivity index (χ2n) is 33.9. The molecule has 15 unspecified atom stereocenters. The van der Waals surface area contributed by atoms with Crippen molar-refractivity contribution >= 4 is 69.1 Å². The number of aliphatic hydroxyl groups excluding tert-OH is 1. The minimum Gasteiger partial charge on any atom is -0.460 e. The summed E-state index contributed by atoms with van der Waals surface area (Å²) in [5.74, 6) is -7.47. The number of amides is 2. The Labute approximate surface area is 751 Å². The second-order valence-corrected chi connectivity index (χ2v) is 33.9. The molecule has 1 saturated carbocycles. The van der Waals surface area contributed by atoms with Crippen LogP contribution in [0.1, 0.15) is 157 Å². The molecule has 5 aromatic rings. The number of nitrogens with two attached hydrogens (primary N) is 2. The Morgan fingerprint density at radius 1 is 0.703 bits per heavy atom. The number of esters is 1. The maximum atomic E-state index is 14.8. The van der Waals surface area contributed by atoms with Crippen LogP contribution in [0.4, 0.5) is 11.8 Å². The number of rotatable bonds is 45. The molecule has 2 amide bonds. The first-order valence-electron chi connectivity index (χ1n) is 45.5. The average molecular weight is 1800 g/mol. The molecule has 2 saturated heterocycles. The van der Waals surface area contributed by atoms with Crippen LogP contribution in [-0.4, -0.2) is 298 Å². The molecule has 7 heterocycles. The van der Waals surface area contributed by atoms with Crippen LogP contribution in [0, 0.1) is 35.5 Å². The lowest BCUT2D eigenvalue weighted by Gasteiger charge is -2.42. The van der Waals surface area contributed by atoms with E-state index in [0.717, 1.165) is 30.4 Å². The number of cyclic esters (lactones) is 1. The minimum atomic E-state index is -2.47. The SMILES string of the molecule is COC1CC2CCC(C)C(O)(O2)C(=O)C(=O)N2CCCCC2C(=O)OC(C(C)CC2CCC(OCCOCc3cn(CCOCCOCCOCCOCCOCCOCCOCCOCCC(=O)NCCCCn4nc(-c5ccc6oc(N)nc6c5)c5c(N)ncnc54)nn3)C(OC)C2)CC(=O)C(C)C=C(C)C(O)C(OC)C(=O)CC(C)CC(C)C=CC=CC=C1C. The van der Waals surface area contributed by atoms with E-state index in [2.05, 4.69) is 43.6 Å². The van der Waals surface area contributed by atoms with E-state index in [1.165, 1.54) is 18.3 Å². The second kappa shape index (κ2) is 55.1. The van der Waals surface area contributed by atoms with E-state index in [4.69, 9.17) is 92.0 Å². The van der Waals surface area contributed by atoms with Crippen LogP contribution in [0.3, 0.4) is 0 Å². The fraction of sp³-hybridized carbons (Fsp3) is 0.696. The third kappa shape index (κ3) is 32.9. The molecule has 15 atom stereocenters. The molecule has 1 aliphatic carbocycles. The Morgan fingerprint density at radius 3 is 2.06 bits per heavy atom. The fourth-order valence-electron chi connectivity index (χ4n) is 16.6. The molecule has 1 aromatic carbocycles. The van der Waals surface area contributed by atoms with E-state index in [0.29, 0.717) is 235 Å². The summed E-state index contributed by atoms with van der Waals surface area (Å²) in [5.41, 5.74) is 17.1. The predicted octanol–water partition coefficient (Wildman–Crippen LogP) is 8.64. The monoisotopic (exact) mass is 1800 g/mol. The number of nitrogens with zero attached hydrogens (tertiary/aromatic N) is 9. The largest absolute Gasteiger partial charge is 0.460 e. The summed E-state index contributed by atoms with van der Waals surface area (Å²) in [5, 5.41) is 40.7. The Bertz CT molecular complexity index is 4340. The van der Waals surface area contributed by atoms with Crippen LogP contribution in [0.5, 0.6) is 0 Å². The van der Waals surface area contributed by atoms with Gasteiger partial charge in [0.15, 0.2) is 17.0 Å². The van der Waals surface area contributed by atoms with E-state index in [9.17, 15) is 39.0 Å². The number of nitrogen functional groups attached to an aromatic ring is 2. The third-order valence-electron chi connectivity index (χ3n) is 23.9. The normalized spacial score (nSPS) is 25.2. The molecule has 3 fully saturated rings. The van der Waals surface area contributed by atoms with Gasteiger partial charge in [0.05, 0.1) is 168 Å². The summed E-state index contributed by atoms with van der Waals surface area (Å²) in [4.78, 5) is 98.6. The van der Waals surface area contributed by atoms with Gasteiger partial charge in [-0.2, -0.15) is 10.1 Å². The smallest absolute Gasteiger partial charge is 0.329 e. The van der Waals surface area contributed by atoms with E-state index in [1.54, 1.807) is 56.5 Å². The number of methoxy groups -OCH3 is 3. The van der Waals surface area contributed by atoms with E-state index < -0.39 is 71.8 Å². The van der Waals surface area contributed by atoms with Gasteiger partial charge in [-0.25, -0.2) is 24.1 Å². The molecule has 7 N–H and O–H groups in total. The topological polar surface area (TPSA) is 449 Å². The highest BCUT2D eigenvalue weighted by atomic mass is 16.6. The zero-order valence-corrected chi connectivity index (χ0v) is 76.6. The molecule has 36 nitrogen and oxygen atoms in total. The Hall–Kier alpha value is -8.28. The van der Waals surface area contributed by atoms with Crippen molar-refractivity contribution in [3.8, 4) is 11.3 Å². The summed E-state index contributed by atoms with van der Waals surface area (Å²) in [6.45, 7) is 21.9. The van der Waals surface area contributed by atoms with Crippen molar-refractivity contribution in [1.82, 2.24) is 49.9 Å². The summed E-state index contributed by atoms with van der Waals surface area (Å²) in [6, 6.07) is 4.39. The van der Waals surface area contributed by atoms with Crippen LogP contribution >= 0.6 is 0 Å². The number of carbonyl (C=O) groups is 6. The molecule has 712 valence electrons. The van der Waals surface area contributed by atoms with Crippen molar-refractivity contribution < 1.29 is 114 Å². The Balaban J connectivity index is 0.588. The summed E-state index contributed by atoms with van der Waals surface area (Å²) < 4.78 is 96.4. The van der Waals surface area contributed by atoms with Crippen LogP contribution < -0.4 is 16.8 Å². The summed E-state index contributed by atoms with van der Waals surface area (Å²) in [7, 11) is 4.62. The van der Waals surface area contributed by atoms with Crippen LogP contribution in [0.25, 0.3) is 33.4 Å². The number of Topliss-reactive ketones (excluding diaryl/α,β-unsaturated/α-hetero) is 3. The van der Waals surface area contributed by atoms with Crippen LogP contribution in [-0.2, 0) is 120 Å². The van der Waals surface area contributed by atoms with Crippen LogP contribution in [0.15, 0.2) is 82.7 Å². The maximum absolute atomic E-state index is 14.8. The number of aryl methyl sites for hydroxylation is 1. The number of ether oxygens (including phenoxy) is 15. The van der Waals surface area contributed by atoms with Gasteiger partial charge >= 0.3 is 5.97 Å². The minimum absolute atomic E-state index is 0.0317. The van der Waals surface area contributed by atoms with Gasteiger partial charge in [0.1, 0.15) is 59.2 Å². The maximum Gasteiger partial charge on any atom is 0.329 e. The molecular weight excluding hydrogens is 1660 g/mol. The molecule has 9 rings (SSSR count). The number of fused-ring (bicyclic) bond motifs is 5. The number of oxazole rings is 1. The van der Waals surface area contributed by atoms with E-state index in [1.807, 2.05) is 63.4 Å². The van der Waals surface area contributed by atoms with E-state index >= 15 is 0 Å². The lowest BCUT2D eigenvalue weighted by atomic mass is 9.78. The van der Waals surface area contributed by atoms with Crippen molar-refractivity contribution in [2.24, 2.45) is 35.5 Å². The van der Waals surface area contributed by atoms with Gasteiger partial charge in [-0.15, -0.1) is 5.10 Å². The zero-order valence-electron chi connectivity index (χ0n) is 76.6. The number of anilines is 2. The molecule has 128 heavy (non-hydrogen) atoms. The molecule has 3 aliphatic heterocycles. The molecule has 2 bridgehead atoms. The van der Waals surface area contributed by atoms with Gasteiger partial charge in [0.2, 0.25) is 11.7 Å². The number of allylic oxidation sites excluding steroid dienone is 6. The third-order valence-corrected chi connectivity index (χ3v) is 23.9. The highest BCUT2D eigenvalue weighted by molar-refractivity contribution is 6.39. The average Bonchev–Trinajstić information content (AvgIpc) is 1.38. The molecule has 0 spiro atoms. The van der Waals surface area contributed by atoms with Gasteiger partial charge in [-0.1, -0.05) is 76.3 Å². The van der Waals surface area contributed by atoms with Crippen molar-refractivity contribution in [3.63, 3.8) is 0 Å². The number of hydrogen-bond donors (Lipinski definition) is 5. The van der Waals surface area contributed by atoms with Gasteiger partial charge < -0.3 is 107 Å². The number of benzene rings is 1. The first-order chi connectivity index (χ1) is 61.9. The molecule has 0 radical (unpaired) electrons. The Kier molecular flexibility index (Phi) is 44.6. The van der Waals surface area contributed by atoms with Gasteiger partial charge in [-0.05, 0) is 144 Å². The Morgan fingerprint density at radius 2 is 1.38 bits per heavy atom.